The molecule has 9 nitrogen and oxygen atoms in total. The van der Waals surface area contributed by atoms with Crippen LogP contribution in [0.1, 0.15) is 94.5 Å². The summed E-state index contributed by atoms with van der Waals surface area (Å²) in [6.07, 6.45) is 8.18. The van der Waals surface area contributed by atoms with Crippen LogP contribution in [0.5, 0.6) is 0 Å². The van der Waals surface area contributed by atoms with Crippen molar-refractivity contribution in [1.29, 1.82) is 0 Å². The van der Waals surface area contributed by atoms with Crippen molar-refractivity contribution in [2.75, 3.05) is 11.9 Å². The number of ether oxygens (including phenoxy) is 1. The molecule has 4 N–H and O–H groups in total. The second kappa shape index (κ2) is 16.4. The number of nitrogens with zero attached hydrogens (tertiary/aromatic N) is 1. The van der Waals surface area contributed by atoms with Crippen molar-refractivity contribution < 1.29 is 23.9 Å². The van der Waals surface area contributed by atoms with E-state index >= 15 is 0 Å². The first kappa shape index (κ1) is 34.9. The molecule has 0 radical (unpaired) electrons. The Morgan fingerprint density at radius 1 is 1.00 bits per heavy atom. The van der Waals surface area contributed by atoms with Crippen molar-refractivity contribution in [3.05, 3.63) is 64.7 Å². The van der Waals surface area contributed by atoms with E-state index in [4.69, 9.17) is 16.9 Å². The third kappa shape index (κ3) is 10.8. The van der Waals surface area contributed by atoms with Crippen molar-refractivity contribution in [1.82, 2.24) is 10.2 Å². The number of aryl methyl sites for hydroxylation is 2. The van der Waals surface area contributed by atoms with Gasteiger partial charge >= 0.3 is 6.09 Å². The summed E-state index contributed by atoms with van der Waals surface area (Å²) in [6, 6.07) is 10.4. The molecular formula is C34H46N4O5. The minimum absolute atomic E-state index is 0.0686. The molecule has 0 aliphatic rings. The summed E-state index contributed by atoms with van der Waals surface area (Å²) in [6.45, 7) is 11.2. The minimum atomic E-state index is -1.18. The number of hydrogen-bond donors (Lipinski definition) is 3. The lowest BCUT2D eigenvalue weighted by molar-refractivity contribution is -0.141. The van der Waals surface area contributed by atoms with Crippen molar-refractivity contribution in [3.8, 4) is 12.3 Å². The molecule has 0 saturated heterocycles. The van der Waals surface area contributed by atoms with E-state index in [9.17, 15) is 19.2 Å². The van der Waals surface area contributed by atoms with E-state index in [0.717, 1.165) is 30.4 Å². The number of primary amides is 1. The van der Waals surface area contributed by atoms with Gasteiger partial charge in [-0.15, -0.1) is 6.42 Å². The van der Waals surface area contributed by atoms with Gasteiger partial charge in [-0.1, -0.05) is 68.5 Å². The zero-order valence-corrected chi connectivity index (χ0v) is 26.3. The molecule has 2 atom stereocenters. The molecule has 232 valence electrons. The zero-order chi connectivity index (χ0) is 32.2. The Morgan fingerprint density at radius 2 is 1.65 bits per heavy atom. The number of nitrogens with two attached hydrogens (primary N) is 1. The number of amides is 4. The van der Waals surface area contributed by atoms with E-state index in [1.807, 2.05) is 32.0 Å². The molecule has 2 rings (SSSR count). The van der Waals surface area contributed by atoms with E-state index < -0.39 is 41.5 Å². The van der Waals surface area contributed by atoms with Crippen molar-refractivity contribution in [2.24, 2.45) is 5.73 Å². The first-order valence-corrected chi connectivity index (χ1v) is 14.8. The Labute approximate surface area is 255 Å². The van der Waals surface area contributed by atoms with Gasteiger partial charge in [-0.3, -0.25) is 14.4 Å². The highest BCUT2D eigenvalue weighted by Crippen LogP contribution is 2.29. The van der Waals surface area contributed by atoms with Crippen LogP contribution in [0.4, 0.5) is 10.5 Å². The lowest BCUT2D eigenvalue weighted by atomic mass is 9.96. The van der Waals surface area contributed by atoms with Crippen molar-refractivity contribution in [2.45, 2.75) is 97.8 Å². The summed E-state index contributed by atoms with van der Waals surface area (Å²) in [7, 11) is 0. The molecule has 0 aromatic heterocycles. The highest BCUT2D eigenvalue weighted by Gasteiger charge is 2.37. The summed E-state index contributed by atoms with van der Waals surface area (Å²) in [5.74, 6) is 1.03. The normalized spacial score (nSPS) is 12.4. The largest absolute Gasteiger partial charge is 0.444 e. The fourth-order valence-corrected chi connectivity index (χ4v) is 4.79. The van der Waals surface area contributed by atoms with Crippen LogP contribution >= 0.6 is 0 Å². The lowest BCUT2D eigenvalue weighted by Gasteiger charge is -2.35. The number of anilines is 1. The number of para-hydroxylation sites is 1. The van der Waals surface area contributed by atoms with Crippen molar-refractivity contribution >= 4 is 29.5 Å². The Hall–Kier alpha value is -4.32. The molecule has 0 saturated carbocycles. The van der Waals surface area contributed by atoms with E-state index in [-0.39, 0.29) is 19.4 Å². The first-order chi connectivity index (χ1) is 20.3. The molecule has 0 fully saturated rings. The number of hydrogen-bond acceptors (Lipinski definition) is 5. The first-order valence-electron chi connectivity index (χ1n) is 14.8. The average Bonchev–Trinajstić information content (AvgIpc) is 2.93. The number of carbonyl (C=O) groups excluding carboxylic acids is 4. The standard InChI is InChI=1S/C34H46N4O5/c1-8-10-11-14-22-38(32(41)27(20-21-28(35)39)36-33(42)43-34(5,6)7)30(26-19-13-12-18-25(26)9-2)31(40)37-29-23(3)16-15-17-24(29)4/h2,12-13,15-19,27,30H,8,10-11,14,20-22H2,1,3-7H3,(H2,35,39)(H,36,42)(H,37,40). The van der Waals surface area contributed by atoms with Crippen LogP contribution in [0, 0.1) is 26.2 Å². The third-order valence-corrected chi connectivity index (χ3v) is 6.90. The van der Waals surface area contributed by atoms with Crippen molar-refractivity contribution in [3.63, 3.8) is 0 Å². The quantitative estimate of drug-likeness (QED) is 0.197. The fourth-order valence-electron chi connectivity index (χ4n) is 4.79. The van der Waals surface area contributed by atoms with Gasteiger partial charge < -0.3 is 26.0 Å². The number of rotatable bonds is 14. The SMILES string of the molecule is C#Cc1ccccc1C(C(=O)Nc1c(C)cccc1C)N(CCCCCC)C(=O)C(CCC(N)=O)NC(=O)OC(C)(C)C. The molecule has 0 aliphatic heterocycles. The van der Waals surface area contributed by atoms with Gasteiger partial charge in [-0.2, -0.15) is 0 Å². The molecule has 0 heterocycles. The molecule has 2 unspecified atom stereocenters. The molecule has 2 aromatic carbocycles. The van der Waals surface area contributed by atoms with Crippen LogP contribution in [0.25, 0.3) is 0 Å². The van der Waals surface area contributed by atoms with Gasteiger partial charge in [-0.05, 0) is 70.2 Å². The highest BCUT2D eigenvalue weighted by molar-refractivity contribution is 6.00. The summed E-state index contributed by atoms with van der Waals surface area (Å²) in [5.41, 5.74) is 7.91. The van der Waals surface area contributed by atoms with Crippen LogP contribution in [-0.4, -0.2) is 46.9 Å². The zero-order valence-electron chi connectivity index (χ0n) is 26.3. The van der Waals surface area contributed by atoms with Gasteiger partial charge in [0, 0.05) is 24.2 Å². The average molecular weight is 591 g/mol. The van der Waals surface area contributed by atoms with Crippen LogP contribution in [-0.2, 0) is 19.1 Å². The van der Waals surface area contributed by atoms with E-state index in [1.54, 1.807) is 45.0 Å². The Bertz CT molecular complexity index is 1300. The number of unbranched alkanes of at least 4 members (excludes halogenated alkanes) is 3. The summed E-state index contributed by atoms with van der Waals surface area (Å²) < 4.78 is 5.41. The van der Waals surface area contributed by atoms with Crippen LogP contribution in [0.3, 0.4) is 0 Å². The van der Waals surface area contributed by atoms with E-state index in [0.29, 0.717) is 23.2 Å². The monoisotopic (exact) mass is 590 g/mol. The molecule has 4 amide bonds. The number of carbonyl (C=O) groups is 4. The Morgan fingerprint density at radius 3 is 2.23 bits per heavy atom. The number of nitrogens with one attached hydrogen (secondary N) is 2. The predicted octanol–water partition coefficient (Wildman–Crippen LogP) is 5.53. The third-order valence-electron chi connectivity index (χ3n) is 6.90. The smallest absolute Gasteiger partial charge is 0.408 e. The maximum atomic E-state index is 14.4. The highest BCUT2D eigenvalue weighted by atomic mass is 16.6. The van der Waals surface area contributed by atoms with Gasteiger partial charge in [-0.25, -0.2) is 4.79 Å². The predicted molar refractivity (Wildman–Crippen MR) is 169 cm³/mol. The lowest BCUT2D eigenvalue weighted by Crippen LogP contribution is -2.53. The van der Waals surface area contributed by atoms with Crippen LogP contribution in [0.2, 0.25) is 0 Å². The molecule has 0 bridgehead atoms. The fraction of sp³-hybridized carbons (Fsp3) is 0.471. The van der Waals surface area contributed by atoms with Gasteiger partial charge in [0.15, 0.2) is 0 Å². The maximum Gasteiger partial charge on any atom is 0.408 e. The Balaban J connectivity index is 2.66. The van der Waals surface area contributed by atoms with Crippen LogP contribution < -0.4 is 16.4 Å². The number of alkyl carbamates (subject to hydrolysis) is 1. The molecule has 0 aliphatic carbocycles. The second-order valence-electron chi connectivity index (χ2n) is 11.7. The molecule has 43 heavy (non-hydrogen) atoms. The van der Waals surface area contributed by atoms with Gasteiger partial charge in [0.05, 0.1) is 0 Å². The molecular weight excluding hydrogens is 544 g/mol. The van der Waals surface area contributed by atoms with Gasteiger partial charge in [0.2, 0.25) is 11.8 Å². The van der Waals surface area contributed by atoms with Crippen LogP contribution in [0.15, 0.2) is 42.5 Å². The van der Waals surface area contributed by atoms with E-state index in [2.05, 4.69) is 23.5 Å². The number of terminal acetylenes is 1. The molecule has 0 spiro atoms. The summed E-state index contributed by atoms with van der Waals surface area (Å²) >= 11 is 0. The maximum absolute atomic E-state index is 14.4. The minimum Gasteiger partial charge on any atom is -0.444 e. The Kier molecular flexibility index (Phi) is 13.3. The van der Waals surface area contributed by atoms with Gasteiger partial charge in [0.1, 0.15) is 17.7 Å². The molecule has 9 heteroatoms. The van der Waals surface area contributed by atoms with E-state index in [1.165, 1.54) is 4.90 Å². The number of benzene rings is 2. The molecule has 2 aromatic rings. The van der Waals surface area contributed by atoms with Gasteiger partial charge in [0.25, 0.3) is 5.91 Å². The summed E-state index contributed by atoms with van der Waals surface area (Å²) in [4.78, 5) is 54.7. The second-order valence-corrected chi connectivity index (χ2v) is 11.7. The summed E-state index contributed by atoms with van der Waals surface area (Å²) in [5, 5.41) is 5.66. The topological polar surface area (TPSA) is 131 Å².